The van der Waals surface area contributed by atoms with Crippen molar-refractivity contribution in [1.82, 2.24) is 4.98 Å². The van der Waals surface area contributed by atoms with Crippen LogP contribution in [0, 0.1) is 18.3 Å². The first-order chi connectivity index (χ1) is 8.24. The van der Waals surface area contributed by atoms with Crippen LogP contribution >= 0.6 is 11.6 Å². The number of nitrogens with zero attached hydrogens (tertiary/aromatic N) is 2. The Kier molecular flexibility index (Phi) is 3.27. The zero-order valence-electron chi connectivity index (χ0n) is 9.14. The Morgan fingerprint density at radius 1 is 1.47 bits per heavy atom. The van der Waals surface area contributed by atoms with E-state index >= 15 is 0 Å². The number of aromatic nitrogens is 1. The number of rotatable bonds is 2. The zero-order valence-corrected chi connectivity index (χ0v) is 9.90. The quantitative estimate of drug-likeness (QED) is 0.758. The molecule has 17 heavy (non-hydrogen) atoms. The van der Waals surface area contributed by atoms with E-state index in [9.17, 15) is 5.26 Å². The van der Waals surface area contributed by atoms with E-state index in [1.165, 1.54) is 0 Å². The van der Waals surface area contributed by atoms with Gasteiger partial charge in [-0.25, -0.2) is 0 Å². The average Bonchev–Trinajstić information content (AvgIpc) is 2.77. The number of hydrogen-bond acceptors (Lipinski definition) is 3. The van der Waals surface area contributed by atoms with Gasteiger partial charge >= 0.3 is 0 Å². The number of allylic oxidation sites excluding steroid dienone is 1. The molecule has 0 saturated carbocycles. The molecule has 0 aliphatic rings. The first kappa shape index (κ1) is 11.4. The summed E-state index contributed by atoms with van der Waals surface area (Å²) in [5.74, 6) is 0.687. The first-order valence-electron chi connectivity index (χ1n) is 4.98. The van der Waals surface area contributed by atoms with E-state index in [0.717, 1.165) is 5.56 Å². The Hall–Kier alpha value is -2.05. The molecule has 2 rings (SSSR count). The molecule has 2 aromatic rings. The summed E-state index contributed by atoms with van der Waals surface area (Å²) in [6.07, 6.45) is 4.80. The minimum atomic E-state index is 0.381. The van der Waals surface area contributed by atoms with Crippen LogP contribution in [0.4, 0.5) is 0 Å². The standard InChI is InChI=1S/C13H9ClN2O/c1-9-11(4-6-17-9)13(14)12(7-15)10-3-2-5-16-8-10/h2-6,8H,1H3/b13-12+. The van der Waals surface area contributed by atoms with E-state index < -0.39 is 0 Å². The highest BCUT2D eigenvalue weighted by atomic mass is 35.5. The van der Waals surface area contributed by atoms with Gasteiger partial charge in [0, 0.05) is 23.5 Å². The highest BCUT2D eigenvalue weighted by Gasteiger charge is 2.13. The molecule has 4 heteroatoms. The number of pyridine rings is 1. The van der Waals surface area contributed by atoms with Crippen LogP contribution in [-0.2, 0) is 0 Å². The lowest BCUT2D eigenvalue weighted by molar-refractivity contribution is 0.533. The van der Waals surface area contributed by atoms with Crippen LogP contribution in [0.5, 0.6) is 0 Å². The normalized spacial score (nSPS) is 11.8. The summed E-state index contributed by atoms with van der Waals surface area (Å²) in [4.78, 5) is 3.97. The van der Waals surface area contributed by atoms with Crippen molar-refractivity contribution in [3.8, 4) is 6.07 Å². The molecule has 0 atom stereocenters. The van der Waals surface area contributed by atoms with Gasteiger partial charge in [-0.15, -0.1) is 0 Å². The largest absolute Gasteiger partial charge is 0.469 e. The van der Waals surface area contributed by atoms with Gasteiger partial charge in [0.1, 0.15) is 11.8 Å². The van der Waals surface area contributed by atoms with Crippen LogP contribution < -0.4 is 0 Å². The van der Waals surface area contributed by atoms with Crippen LogP contribution in [0.1, 0.15) is 16.9 Å². The molecule has 0 fully saturated rings. The Balaban J connectivity index is 2.57. The van der Waals surface area contributed by atoms with E-state index in [1.54, 1.807) is 43.8 Å². The van der Waals surface area contributed by atoms with E-state index in [4.69, 9.17) is 16.0 Å². The maximum Gasteiger partial charge on any atom is 0.109 e. The van der Waals surface area contributed by atoms with Crippen molar-refractivity contribution < 1.29 is 4.42 Å². The van der Waals surface area contributed by atoms with Gasteiger partial charge in [0.2, 0.25) is 0 Å². The zero-order chi connectivity index (χ0) is 12.3. The predicted octanol–water partition coefficient (Wildman–Crippen LogP) is 3.61. The lowest BCUT2D eigenvalue weighted by Crippen LogP contribution is -1.87. The molecule has 0 aliphatic carbocycles. The highest BCUT2D eigenvalue weighted by molar-refractivity contribution is 6.53. The predicted molar refractivity (Wildman–Crippen MR) is 66.0 cm³/mol. The smallest absolute Gasteiger partial charge is 0.109 e. The second kappa shape index (κ2) is 4.86. The summed E-state index contributed by atoms with van der Waals surface area (Å²) < 4.78 is 5.17. The minimum Gasteiger partial charge on any atom is -0.469 e. The van der Waals surface area contributed by atoms with Gasteiger partial charge in [0.15, 0.2) is 0 Å². The van der Waals surface area contributed by atoms with Gasteiger partial charge in [-0.1, -0.05) is 17.7 Å². The first-order valence-corrected chi connectivity index (χ1v) is 5.36. The van der Waals surface area contributed by atoms with Crippen molar-refractivity contribution in [2.24, 2.45) is 0 Å². The summed E-state index contributed by atoms with van der Waals surface area (Å²) in [6.45, 7) is 1.80. The summed E-state index contributed by atoms with van der Waals surface area (Å²) in [5.41, 5.74) is 1.82. The molecule has 0 aliphatic heterocycles. The Labute approximate surface area is 104 Å². The molecular weight excluding hydrogens is 236 g/mol. The molecule has 0 bridgehead atoms. The molecular formula is C13H9ClN2O. The molecule has 84 valence electrons. The van der Waals surface area contributed by atoms with Gasteiger partial charge in [-0.05, 0) is 19.1 Å². The lowest BCUT2D eigenvalue weighted by Gasteiger charge is -2.02. The molecule has 0 N–H and O–H groups in total. The van der Waals surface area contributed by atoms with Crippen molar-refractivity contribution in [2.45, 2.75) is 6.92 Å². The Morgan fingerprint density at radius 3 is 2.82 bits per heavy atom. The second-order valence-corrected chi connectivity index (χ2v) is 3.81. The fourth-order valence-corrected chi connectivity index (χ4v) is 1.85. The lowest BCUT2D eigenvalue weighted by atomic mass is 10.1. The third-order valence-corrected chi connectivity index (χ3v) is 2.77. The monoisotopic (exact) mass is 244 g/mol. The van der Waals surface area contributed by atoms with Crippen LogP contribution in [0.15, 0.2) is 41.3 Å². The third-order valence-electron chi connectivity index (χ3n) is 2.38. The van der Waals surface area contributed by atoms with Crippen molar-refractivity contribution >= 4 is 22.2 Å². The average molecular weight is 245 g/mol. The minimum absolute atomic E-state index is 0.381. The van der Waals surface area contributed by atoms with Crippen LogP contribution in [0.25, 0.3) is 10.6 Å². The summed E-state index contributed by atoms with van der Waals surface area (Å²) in [7, 11) is 0. The van der Waals surface area contributed by atoms with Gasteiger partial charge in [0.25, 0.3) is 0 Å². The molecule has 2 aromatic heterocycles. The second-order valence-electron chi connectivity index (χ2n) is 3.43. The molecule has 0 unspecified atom stereocenters. The van der Waals surface area contributed by atoms with Gasteiger partial charge in [-0.2, -0.15) is 5.26 Å². The SMILES string of the molecule is Cc1occc1/C(Cl)=C(/C#N)c1cccnc1. The number of halogens is 1. The van der Waals surface area contributed by atoms with Crippen molar-refractivity contribution in [3.05, 3.63) is 53.7 Å². The molecule has 0 saturated heterocycles. The van der Waals surface area contributed by atoms with Crippen molar-refractivity contribution in [3.63, 3.8) is 0 Å². The number of hydrogen-bond donors (Lipinski definition) is 0. The van der Waals surface area contributed by atoms with E-state index in [2.05, 4.69) is 11.1 Å². The molecule has 0 aromatic carbocycles. The fraction of sp³-hybridized carbons (Fsp3) is 0.0769. The summed E-state index contributed by atoms with van der Waals surface area (Å²) in [5, 5.41) is 9.57. The molecule has 0 spiro atoms. The van der Waals surface area contributed by atoms with E-state index in [1.807, 2.05) is 0 Å². The fourth-order valence-electron chi connectivity index (χ4n) is 1.50. The number of aryl methyl sites for hydroxylation is 1. The molecule has 0 amide bonds. The van der Waals surface area contributed by atoms with Crippen LogP contribution in [-0.4, -0.2) is 4.98 Å². The Morgan fingerprint density at radius 2 is 2.29 bits per heavy atom. The van der Waals surface area contributed by atoms with E-state index in [0.29, 0.717) is 21.9 Å². The summed E-state index contributed by atoms with van der Waals surface area (Å²) >= 11 is 6.22. The van der Waals surface area contributed by atoms with Gasteiger partial charge < -0.3 is 4.42 Å². The molecule has 0 radical (unpaired) electrons. The maximum absolute atomic E-state index is 9.19. The van der Waals surface area contributed by atoms with Gasteiger partial charge in [-0.3, -0.25) is 4.98 Å². The maximum atomic E-state index is 9.19. The van der Waals surface area contributed by atoms with Crippen molar-refractivity contribution in [2.75, 3.05) is 0 Å². The Bertz CT molecular complexity index is 593. The van der Waals surface area contributed by atoms with Crippen molar-refractivity contribution in [1.29, 1.82) is 5.26 Å². The topological polar surface area (TPSA) is 49.8 Å². The van der Waals surface area contributed by atoms with Crippen LogP contribution in [0.2, 0.25) is 0 Å². The van der Waals surface area contributed by atoms with E-state index in [-0.39, 0.29) is 0 Å². The molecule has 3 nitrogen and oxygen atoms in total. The molecule has 2 heterocycles. The van der Waals surface area contributed by atoms with Crippen LogP contribution in [0.3, 0.4) is 0 Å². The third kappa shape index (κ3) is 2.22. The highest BCUT2D eigenvalue weighted by Crippen LogP contribution is 2.31. The summed E-state index contributed by atoms with van der Waals surface area (Å²) in [6, 6.07) is 7.40. The number of furan rings is 1. The number of nitriles is 1. The van der Waals surface area contributed by atoms with Gasteiger partial charge in [0.05, 0.1) is 16.9 Å².